The molecule has 0 radical (unpaired) electrons. The van der Waals surface area contributed by atoms with Crippen LogP contribution in [0.5, 0.6) is 0 Å². The number of carbonyl (C=O) groups excluding carboxylic acids is 2. The number of thioether (sulfide) groups is 1. The number of benzene rings is 3. The van der Waals surface area contributed by atoms with Crippen molar-refractivity contribution in [2.45, 2.75) is 10.1 Å². The Labute approximate surface area is 251 Å². The van der Waals surface area contributed by atoms with Crippen LogP contribution in [0.1, 0.15) is 41.9 Å². The van der Waals surface area contributed by atoms with Crippen molar-refractivity contribution in [2.75, 3.05) is 10.6 Å². The number of carbonyl (C=O) groups is 4. The van der Waals surface area contributed by atoms with Gasteiger partial charge in [-0.2, -0.15) is 0 Å². The fourth-order valence-electron chi connectivity index (χ4n) is 3.97. The molecule has 9 nitrogen and oxygen atoms in total. The Morgan fingerprint density at radius 1 is 0.786 bits per heavy atom. The Balaban J connectivity index is 1.35. The van der Waals surface area contributed by atoms with Crippen LogP contribution in [-0.4, -0.2) is 39.0 Å². The molecule has 0 bridgehead atoms. The summed E-state index contributed by atoms with van der Waals surface area (Å²) in [4.78, 5) is 55.7. The first kappa shape index (κ1) is 28.7. The van der Waals surface area contributed by atoms with Crippen LogP contribution in [0, 0.1) is 0 Å². The molecule has 0 aliphatic carbocycles. The molecule has 210 valence electrons. The minimum atomic E-state index is -1.42. The van der Waals surface area contributed by atoms with Gasteiger partial charge in [-0.1, -0.05) is 42.5 Å². The van der Waals surface area contributed by atoms with Crippen molar-refractivity contribution in [3.05, 3.63) is 118 Å². The maximum atomic E-state index is 13.5. The van der Waals surface area contributed by atoms with E-state index in [1.165, 1.54) is 35.2 Å². The summed E-state index contributed by atoms with van der Waals surface area (Å²) in [5.74, 6) is -3.71. The Kier molecular flexibility index (Phi) is 8.77. The largest absolute Gasteiger partial charge is 0.478 e. The molecular formula is C30H21N3O6S3. The predicted molar refractivity (Wildman–Crippen MR) is 164 cm³/mol. The second-order valence-electron chi connectivity index (χ2n) is 8.77. The van der Waals surface area contributed by atoms with Crippen molar-refractivity contribution in [1.82, 2.24) is 4.98 Å². The number of thiazole rings is 1. The summed E-state index contributed by atoms with van der Waals surface area (Å²) in [5.41, 5.74) is 1.08. The van der Waals surface area contributed by atoms with Crippen molar-refractivity contribution in [3.63, 3.8) is 0 Å². The van der Waals surface area contributed by atoms with E-state index in [4.69, 9.17) is 0 Å². The van der Waals surface area contributed by atoms with Crippen LogP contribution >= 0.6 is 34.4 Å². The topological polar surface area (TPSA) is 146 Å². The van der Waals surface area contributed by atoms with Gasteiger partial charge in [0.2, 0.25) is 5.91 Å². The first-order chi connectivity index (χ1) is 20.3. The quantitative estimate of drug-likeness (QED) is 0.123. The number of carboxylic acid groups (broad SMARTS) is 2. The third kappa shape index (κ3) is 6.74. The molecule has 1 atom stereocenters. The molecule has 0 aliphatic rings. The third-order valence-corrected chi connectivity index (χ3v) is 8.83. The number of aromatic nitrogens is 1. The van der Waals surface area contributed by atoms with Gasteiger partial charge in [0.25, 0.3) is 5.91 Å². The second kappa shape index (κ2) is 12.8. The molecule has 5 rings (SSSR count). The molecule has 0 saturated heterocycles. The fraction of sp³-hybridized carbons (Fsp3) is 0.0333. The van der Waals surface area contributed by atoms with Gasteiger partial charge in [0.05, 0.1) is 27.3 Å². The lowest BCUT2D eigenvalue weighted by Gasteiger charge is -2.17. The molecule has 0 aliphatic heterocycles. The summed E-state index contributed by atoms with van der Waals surface area (Å²) in [6.45, 7) is 0. The van der Waals surface area contributed by atoms with Crippen LogP contribution < -0.4 is 10.6 Å². The number of nitrogens with one attached hydrogen (secondary N) is 2. The lowest BCUT2D eigenvalue weighted by Crippen LogP contribution is -2.19. The van der Waals surface area contributed by atoms with Crippen LogP contribution in [0.2, 0.25) is 0 Å². The van der Waals surface area contributed by atoms with Crippen LogP contribution in [0.15, 0.2) is 101 Å². The summed E-state index contributed by atoms with van der Waals surface area (Å²) in [7, 11) is 0. The van der Waals surface area contributed by atoms with Gasteiger partial charge in [-0.3, -0.25) is 9.59 Å². The lowest BCUT2D eigenvalue weighted by atomic mass is 10.0. The zero-order valence-electron chi connectivity index (χ0n) is 21.5. The van der Waals surface area contributed by atoms with Gasteiger partial charge >= 0.3 is 11.9 Å². The number of aromatic carboxylic acids is 2. The highest BCUT2D eigenvalue weighted by Gasteiger charge is 2.24. The Morgan fingerprint density at radius 3 is 2.31 bits per heavy atom. The van der Waals surface area contributed by atoms with Gasteiger partial charge in [0, 0.05) is 16.0 Å². The summed E-state index contributed by atoms with van der Waals surface area (Å²) in [6.07, 6.45) is 0. The van der Waals surface area contributed by atoms with E-state index in [1.54, 1.807) is 35.6 Å². The number of anilines is 2. The van der Waals surface area contributed by atoms with Crippen molar-refractivity contribution in [1.29, 1.82) is 0 Å². The van der Waals surface area contributed by atoms with Gasteiger partial charge in [-0.15, -0.1) is 34.4 Å². The van der Waals surface area contributed by atoms with Crippen LogP contribution in [0.25, 0.3) is 10.6 Å². The van der Waals surface area contributed by atoms with Gasteiger partial charge in [0.1, 0.15) is 5.25 Å². The molecule has 2 aromatic heterocycles. The Hall–Kier alpha value is -4.78. The summed E-state index contributed by atoms with van der Waals surface area (Å²) >= 11 is 4.19. The standard InChI is InChI=1S/C30H21N3O6S3/c34-26(21-12-11-18(28(36)37)14-22(21)29(38)39)31-19-8-4-9-20(15-19)42-25(17-6-2-1-3-7-17)27(35)33-30-32-23(16-41-30)24-10-5-13-40-24/h1-16,25H,(H,31,34)(H,36,37)(H,38,39)(H,32,33,35). The van der Waals surface area contributed by atoms with Crippen molar-refractivity contribution < 1.29 is 29.4 Å². The number of hydrogen-bond acceptors (Lipinski definition) is 8. The summed E-state index contributed by atoms with van der Waals surface area (Å²) in [5, 5.41) is 28.0. The molecule has 2 amide bonds. The molecule has 1 unspecified atom stereocenters. The summed E-state index contributed by atoms with van der Waals surface area (Å²) < 4.78 is 0. The minimum Gasteiger partial charge on any atom is -0.478 e. The van der Waals surface area contributed by atoms with E-state index in [2.05, 4.69) is 15.6 Å². The minimum absolute atomic E-state index is 0.183. The van der Waals surface area contributed by atoms with E-state index >= 15 is 0 Å². The van der Waals surface area contributed by atoms with E-state index in [9.17, 15) is 29.4 Å². The highest BCUT2D eigenvalue weighted by atomic mass is 32.2. The Bertz CT molecular complexity index is 1770. The first-order valence-electron chi connectivity index (χ1n) is 12.3. The maximum Gasteiger partial charge on any atom is 0.336 e. The van der Waals surface area contributed by atoms with Gasteiger partial charge in [0.15, 0.2) is 5.13 Å². The predicted octanol–water partition coefficient (Wildman–Crippen LogP) is 6.99. The fourth-order valence-corrected chi connectivity index (χ4v) is 6.53. The van der Waals surface area contributed by atoms with E-state index < -0.39 is 28.7 Å². The molecule has 4 N–H and O–H groups in total. The van der Waals surface area contributed by atoms with E-state index in [0.29, 0.717) is 15.7 Å². The molecule has 0 saturated carbocycles. The zero-order chi connectivity index (χ0) is 29.6. The van der Waals surface area contributed by atoms with E-state index in [0.717, 1.165) is 22.2 Å². The number of hydrogen-bond donors (Lipinski definition) is 4. The number of nitrogens with zero attached hydrogens (tertiary/aromatic N) is 1. The number of thiophene rings is 1. The first-order valence-corrected chi connectivity index (χ1v) is 15.0. The van der Waals surface area contributed by atoms with E-state index in [1.807, 2.05) is 53.2 Å². The molecule has 5 aromatic rings. The van der Waals surface area contributed by atoms with Gasteiger partial charge in [-0.25, -0.2) is 14.6 Å². The van der Waals surface area contributed by atoms with Crippen molar-refractivity contribution >= 4 is 69.0 Å². The SMILES string of the molecule is O=C(O)c1ccc(C(=O)Nc2cccc(SC(C(=O)Nc3nc(-c4cccs4)cs3)c3ccccc3)c2)c(C(=O)O)c1. The molecule has 0 spiro atoms. The van der Waals surface area contributed by atoms with Crippen molar-refractivity contribution in [2.24, 2.45) is 0 Å². The number of amides is 2. The molecule has 42 heavy (non-hydrogen) atoms. The third-order valence-electron chi connectivity index (χ3n) is 5.94. The number of rotatable bonds is 10. The van der Waals surface area contributed by atoms with Crippen LogP contribution in [-0.2, 0) is 4.79 Å². The molecule has 2 heterocycles. The van der Waals surface area contributed by atoms with Crippen LogP contribution in [0.4, 0.5) is 10.8 Å². The monoisotopic (exact) mass is 615 g/mol. The van der Waals surface area contributed by atoms with Crippen molar-refractivity contribution in [3.8, 4) is 10.6 Å². The maximum absolute atomic E-state index is 13.5. The average molecular weight is 616 g/mol. The zero-order valence-corrected chi connectivity index (χ0v) is 24.0. The van der Waals surface area contributed by atoms with Gasteiger partial charge in [-0.05, 0) is 53.4 Å². The molecule has 3 aromatic carbocycles. The molecular weight excluding hydrogens is 595 g/mol. The van der Waals surface area contributed by atoms with E-state index in [-0.39, 0.29) is 17.0 Å². The lowest BCUT2D eigenvalue weighted by molar-refractivity contribution is -0.115. The normalized spacial score (nSPS) is 11.4. The second-order valence-corrected chi connectivity index (χ2v) is 11.7. The summed E-state index contributed by atoms with van der Waals surface area (Å²) in [6, 6.07) is 23.3. The highest BCUT2D eigenvalue weighted by Crippen LogP contribution is 2.38. The smallest absolute Gasteiger partial charge is 0.336 e. The molecule has 12 heteroatoms. The van der Waals surface area contributed by atoms with Crippen LogP contribution in [0.3, 0.4) is 0 Å². The highest BCUT2D eigenvalue weighted by molar-refractivity contribution is 8.00. The number of carboxylic acids is 2. The Morgan fingerprint density at radius 2 is 1.60 bits per heavy atom. The van der Waals surface area contributed by atoms with Gasteiger partial charge < -0.3 is 20.8 Å². The average Bonchev–Trinajstić information content (AvgIpc) is 3.69. The molecule has 0 fully saturated rings.